The van der Waals surface area contributed by atoms with E-state index in [1.165, 1.54) is 12.1 Å². The van der Waals surface area contributed by atoms with Crippen LogP contribution in [0.3, 0.4) is 0 Å². The molecule has 11 heteroatoms. The standard InChI is InChI=1S/C29H28FN9O/c1-39(2)10-9-32-20-12-17(11-19(30)14-20)22-5-4-8-33-28-25(22)35-29(36-28)27-26-24(37-38-27)7-6-23(34-26)18-13-21(40-3)16-31-15-18/h4-8,11-16,32-33H,9-10H2,1-3H3,(H,35,36)(H,37,38). The number of methoxy groups -OCH3 is 1. The third kappa shape index (κ3) is 5.02. The number of allylic oxidation sites excluding steroid dienone is 2. The van der Waals surface area contributed by atoms with Crippen molar-refractivity contribution in [3.63, 3.8) is 0 Å². The van der Waals surface area contributed by atoms with Gasteiger partial charge in [0.25, 0.3) is 0 Å². The Bertz CT molecular complexity index is 1750. The van der Waals surface area contributed by atoms with Crippen LogP contribution in [-0.2, 0) is 0 Å². The highest BCUT2D eigenvalue weighted by atomic mass is 19.1. The van der Waals surface area contributed by atoms with Crippen molar-refractivity contribution in [1.29, 1.82) is 0 Å². The molecule has 4 aromatic heterocycles. The Morgan fingerprint density at radius 2 is 1.95 bits per heavy atom. The van der Waals surface area contributed by atoms with Crippen LogP contribution in [0.2, 0.25) is 0 Å². The second-order valence-corrected chi connectivity index (χ2v) is 9.63. The number of aromatic amines is 2. The molecule has 0 fully saturated rings. The van der Waals surface area contributed by atoms with Crippen LogP contribution in [0.4, 0.5) is 15.9 Å². The van der Waals surface area contributed by atoms with Crippen LogP contribution in [0.5, 0.6) is 5.75 Å². The first-order valence-electron chi connectivity index (χ1n) is 12.8. The maximum Gasteiger partial charge on any atom is 0.163 e. The first kappa shape index (κ1) is 25.3. The summed E-state index contributed by atoms with van der Waals surface area (Å²) in [7, 11) is 5.60. The minimum absolute atomic E-state index is 0.324. The Hall–Kier alpha value is -5.03. The molecule has 0 saturated heterocycles. The number of imidazole rings is 1. The molecule has 0 radical (unpaired) electrons. The lowest BCUT2D eigenvalue weighted by molar-refractivity contribution is 0.413. The van der Waals surface area contributed by atoms with Crippen molar-refractivity contribution in [3.05, 3.63) is 84.2 Å². The average Bonchev–Trinajstić information content (AvgIpc) is 3.51. The number of rotatable bonds is 8. The molecule has 0 saturated carbocycles. The number of aromatic nitrogens is 6. The summed E-state index contributed by atoms with van der Waals surface area (Å²) in [6.45, 7) is 1.53. The van der Waals surface area contributed by atoms with Gasteiger partial charge in [-0.15, -0.1) is 0 Å². The number of nitrogens with one attached hydrogen (secondary N) is 4. The molecule has 1 aromatic carbocycles. The van der Waals surface area contributed by atoms with Crippen molar-refractivity contribution in [2.24, 2.45) is 0 Å². The third-order valence-electron chi connectivity index (χ3n) is 6.53. The van der Waals surface area contributed by atoms with Gasteiger partial charge in [-0.05, 0) is 62.1 Å². The molecule has 202 valence electrons. The molecule has 5 heterocycles. The second kappa shape index (κ2) is 10.6. The quantitative estimate of drug-likeness (QED) is 0.221. The highest BCUT2D eigenvalue weighted by Gasteiger charge is 2.21. The average molecular weight is 538 g/mol. The number of hydrogen-bond acceptors (Lipinski definition) is 8. The first-order valence-corrected chi connectivity index (χ1v) is 12.8. The SMILES string of the molecule is COc1cncc(-c2ccc3[nH]nc(-c4nc5c([nH]4)C(c4cc(F)cc(NCCN(C)C)c4)=CC=CN5)c3n2)c1. The molecule has 5 aromatic rings. The lowest BCUT2D eigenvalue weighted by Crippen LogP contribution is -2.20. The first-order chi connectivity index (χ1) is 19.5. The van der Waals surface area contributed by atoms with E-state index in [1.54, 1.807) is 25.7 Å². The van der Waals surface area contributed by atoms with Crippen LogP contribution in [0.25, 0.3) is 39.4 Å². The topological polar surface area (TPSA) is 120 Å². The summed E-state index contributed by atoms with van der Waals surface area (Å²) < 4.78 is 20.0. The Morgan fingerprint density at radius 1 is 1.05 bits per heavy atom. The van der Waals surface area contributed by atoms with E-state index in [1.807, 2.05) is 50.5 Å². The summed E-state index contributed by atoms with van der Waals surface area (Å²) >= 11 is 0. The number of halogens is 1. The van der Waals surface area contributed by atoms with E-state index in [0.717, 1.165) is 34.5 Å². The number of fused-ring (bicyclic) bond motifs is 2. The molecule has 1 aliphatic rings. The molecule has 40 heavy (non-hydrogen) atoms. The number of pyridine rings is 2. The van der Waals surface area contributed by atoms with Crippen LogP contribution < -0.4 is 15.4 Å². The van der Waals surface area contributed by atoms with E-state index in [9.17, 15) is 4.39 Å². The molecule has 6 rings (SSSR count). The van der Waals surface area contributed by atoms with Gasteiger partial charge in [0.15, 0.2) is 17.3 Å². The molecule has 0 atom stereocenters. The van der Waals surface area contributed by atoms with E-state index < -0.39 is 0 Å². The summed E-state index contributed by atoms with van der Waals surface area (Å²) in [6.07, 6.45) is 8.97. The van der Waals surface area contributed by atoms with E-state index in [2.05, 4.69) is 35.7 Å². The number of likely N-dealkylation sites (N-methyl/N-ethyl adjacent to an activating group) is 1. The number of benzene rings is 1. The Labute approximate surface area is 230 Å². The van der Waals surface area contributed by atoms with Gasteiger partial charge >= 0.3 is 0 Å². The van der Waals surface area contributed by atoms with E-state index >= 15 is 0 Å². The molecule has 1 aliphatic heterocycles. The Morgan fingerprint density at radius 3 is 2.80 bits per heavy atom. The zero-order valence-corrected chi connectivity index (χ0v) is 22.3. The summed E-state index contributed by atoms with van der Waals surface area (Å²) in [5.41, 5.74) is 6.47. The van der Waals surface area contributed by atoms with E-state index in [0.29, 0.717) is 46.5 Å². The van der Waals surface area contributed by atoms with Crippen molar-refractivity contribution in [3.8, 4) is 28.5 Å². The number of hydrogen-bond donors (Lipinski definition) is 4. The minimum Gasteiger partial charge on any atom is -0.495 e. The Kier molecular flexibility index (Phi) is 6.71. The number of H-pyrrole nitrogens is 2. The molecule has 0 spiro atoms. The van der Waals surface area contributed by atoms with Gasteiger partial charge in [-0.1, -0.05) is 6.08 Å². The van der Waals surface area contributed by atoms with Gasteiger partial charge in [0.05, 0.1) is 30.2 Å². The fraction of sp³-hybridized carbons (Fsp3) is 0.172. The maximum atomic E-state index is 14.7. The monoisotopic (exact) mass is 537 g/mol. The molecule has 0 unspecified atom stereocenters. The van der Waals surface area contributed by atoms with Gasteiger partial charge in [0, 0.05) is 42.3 Å². The van der Waals surface area contributed by atoms with Crippen LogP contribution in [0.15, 0.2) is 67.1 Å². The van der Waals surface area contributed by atoms with Crippen LogP contribution in [0, 0.1) is 5.82 Å². The largest absolute Gasteiger partial charge is 0.495 e. The van der Waals surface area contributed by atoms with Gasteiger partial charge in [-0.25, -0.2) is 14.4 Å². The van der Waals surface area contributed by atoms with Gasteiger partial charge in [0.1, 0.15) is 17.1 Å². The van der Waals surface area contributed by atoms with Crippen molar-refractivity contribution in [2.45, 2.75) is 0 Å². The van der Waals surface area contributed by atoms with Crippen molar-refractivity contribution >= 4 is 28.1 Å². The summed E-state index contributed by atoms with van der Waals surface area (Å²) in [6, 6.07) is 10.7. The van der Waals surface area contributed by atoms with Crippen LogP contribution in [0.1, 0.15) is 11.3 Å². The molecular formula is C29H28FN9O. The van der Waals surface area contributed by atoms with Crippen molar-refractivity contribution in [2.75, 3.05) is 44.9 Å². The molecule has 0 aliphatic carbocycles. The fourth-order valence-electron chi connectivity index (χ4n) is 4.55. The zero-order valence-electron chi connectivity index (χ0n) is 22.3. The van der Waals surface area contributed by atoms with Gasteiger partial charge < -0.3 is 25.3 Å². The smallest absolute Gasteiger partial charge is 0.163 e. The predicted molar refractivity (Wildman–Crippen MR) is 155 cm³/mol. The highest BCUT2D eigenvalue weighted by Crippen LogP contribution is 2.35. The van der Waals surface area contributed by atoms with Crippen LogP contribution in [-0.4, -0.2) is 69.3 Å². The van der Waals surface area contributed by atoms with Gasteiger partial charge in [0.2, 0.25) is 0 Å². The second-order valence-electron chi connectivity index (χ2n) is 9.63. The fourth-order valence-corrected chi connectivity index (χ4v) is 4.55. The summed E-state index contributed by atoms with van der Waals surface area (Å²) in [5.74, 6) is 1.45. The van der Waals surface area contributed by atoms with E-state index in [-0.39, 0.29) is 5.82 Å². The molecular weight excluding hydrogens is 509 g/mol. The number of nitrogens with zero attached hydrogens (tertiary/aromatic N) is 5. The molecule has 0 amide bonds. The lowest BCUT2D eigenvalue weighted by atomic mass is 10.0. The maximum absolute atomic E-state index is 14.7. The lowest BCUT2D eigenvalue weighted by Gasteiger charge is -2.13. The van der Waals surface area contributed by atoms with Gasteiger partial charge in [-0.2, -0.15) is 5.10 Å². The normalized spacial score (nSPS) is 12.7. The molecule has 10 nitrogen and oxygen atoms in total. The number of anilines is 2. The third-order valence-corrected chi connectivity index (χ3v) is 6.53. The Balaban J connectivity index is 1.37. The van der Waals surface area contributed by atoms with Crippen molar-refractivity contribution in [1.82, 2.24) is 35.0 Å². The zero-order chi connectivity index (χ0) is 27.6. The number of ether oxygens (including phenoxy) is 1. The minimum atomic E-state index is -0.324. The predicted octanol–water partition coefficient (Wildman–Crippen LogP) is 4.90. The highest BCUT2D eigenvalue weighted by molar-refractivity contribution is 5.92. The molecule has 4 N–H and O–H groups in total. The summed E-state index contributed by atoms with van der Waals surface area (Å²) in [4.78, 5) is 19.4. The van der Waals surface area contributed by atoms with E-state index in [4.69, 9.17) is 14.7 Å². The summed E-state index contributed by atoms with van der Waals surface area (Å²) in [5, 5.41) is 14.1. The molecule has 0 bridgehead atoms. The van der Waals surface area contributed by atoms with Crippen molar-refractivity contribution < 1.29 is 9.13 Å². The van der Waals surface area contributed by atoms with Crippen LogP contribution >= 0.6 is 0 Å². The van der Waals surface area contributed by atoms with Gasteiger partial charge in [-0.3, -0.25) is 10.1 Å².